The van der Waals surface area contributed by atoms with Gasteiger partial charge in [0.1, 0.15) is 11.6 Å². The van der Waals surface area contributed by atoms with Crippen LogP contribution in [0.3, 0.4) is 0 Å². The van der Waals surface area contributed by atoms with E-state index in [1.54, 1.807) is 6.26 Å². The number of aryl methyl sites for hydroxylation is 1. The molecule has 0 fully saturated rings. The third-order valence-electron chi connectivity index (χ3n) is 2.73. The zero-order valence-corrected chi connectivity index (χ0v) is 11.3. The molecule has 0 aliphatic heterocycles. The van der Waals surface area contributed by atoms with Gasteiger partial charge in [-0.2, -0.15) is 0 Å². The van der Waals surface area contributed by atoms with E-state index in [4.69, 9.17) is 16.0 Å². The van der Waals surface area contributed by atoms with E-state index in [0.29, 0.717) is 18.2 Å². The summed E-state index contributed by atoms with van der Waals surface area (Å²) < 4.78 is 5.24. The largest absolute Gasteiger partial charge is 0.468 e. The molecule has 2 N–H and O–H groups in total. The van der Waals surface area contributed by atoms with Gasteiger partial charge in [-0.25, -0.2) is 4.98 Å². The zero-order valence-electron chi connectivity index (χ0n) is 10.5. The van der Waals surface area contributed by atoms with Crippen LogP contribution in [0.5, 0.6) is 0 Å². The Morgan fingerprint density at radius 1 is 1.44 bits per heavy atom. The molecular formula is C13H18ClN3O. The maximum Gasteiger partial charge on any atom is 0.151 e. The van der Waals surface area contributed by atoms with Gasteiger partial charge in [-0.1, -0.05) is 24.9 Å². The number of rotatable bonds is 7. The van der Waals surface area contributed by atoms with Crippen molar-refractivity contribution in [2.45, 2.75) is 39.3 Å². The van der Waals surface area contributed by atoms with E-state index in [2.05, 4.69) is 22.2 Å². The third kappa shape index (κ3) is 3.62. The first kappa shape index (κ1) is 13.2. The number of unbranched alkanes of at least 4 members (excludes halogenated alkanes) is 1. The van der Waals surface area contributed by atoms with Crippen LogP contribution in [0.2, 0.25) is 5.15 Å². The van der Waals surface area contributed by atoms with Gasteiger partial charge in [0.05, 0.1) is 18.5 Å². The highest BCUT2D eigenvalue weighted by Gasteiger charge is 2.07. The summed E-state index contributed by atoms with van der Waals surface area (Å²) >= 11 is 6.08. The van der Waals surface area contributed by atoms with Crippen molar-refractivity contribution in [2.24, 2.45) is 0 Å². The fraction of sp³-hybridized carbons (Fsp3) is 0.462. The molecule has 0 bridgehead atoms. The summed E-state index contributed by atoms with van der Waals surface area (Å²) in [7, 11) is 0. The minimum atomic E-state index is 0.563. The molecule has 0 unspecified atom stereocenters. The van der Waals surface area contributed by atoms with Crippen molar-refractivity contribution in [3.05, 3.63) is 40.8 Å². The second-order valence-electron chi connectivity index (χ2n) is 4.24. The molecule has 0 atom stereocenters. The van der Waals surface area contributed by atoms with E-state index in [0.717, 1.165) is 36.5 Å². The first-order valence-electron chi connectivity index (χ1n) is 6.26. The molecule has 0 saturated heterocycles. The van der Waals surface area contributed by atoms with Crippen molar-refractivity contribution in [3.63, 3.8) is 0 Å². The lowest BCUT2D eigenvalue weighted by Crippen LogP contribution is -2.12. The number of halogens is 1. The minimum Gasteiger partial charge on any atom is -0.468 e. The smallest absolute Gasteiger partial charge is 0.151 e. The van der Waals surface area contributed by atoms with E-state index in [1.165, 1.54) is 0 Å². The molecule has 5 heteroatoms. The number of imidazole rings is 1. The number of nitrogens with zero attached hydrogens (tertiary/aromatic N) is 1. The molecule has 98 valence electrons. The number of aromatic amines is 1. The van der Waals surface area contributed by atoms with E-state index >= 15 is 0 Å². The monoisotopic (exact) mass is 267 g/mol. The average molecular weight is 268 g/mol. The summed E-state index contributed by atoms with van der Waals surface area (Å²) in [5, 5.41) is 3.83. The Hall–Kier alpha value is -1.26. The van der Waals surface area contributed by atoms with Crippen LogP contribution in [0, 0.1) is 0 Å². The van der Waals surface area contributed by atoms with Crippen LogP contribution in [-0.2, 0) is 19.5 Å². The Kier molecular flexibility index (Phi) is 4.84. The second kappa shape index (κ2) is 6.61. The molecule has 0 saturated carbocycles. The van der Waals surface area contributed by atoms with Crippen molar-refractivity contribution >= 4 is 11.6 Å². The molecular weight excluding hydrogens is 250 g/mol. The number of furan rings is 1. The summed E-state index contributed by atoms with van der Waals surface area (Å²) in [5.74, 6) is 1.88. The summed E-state index contributed by atoms with van der Waals surface area (Å²) in [6.45, 7) is 3.52. The summed E-state index contributed by atoms with van der Waals surface area (Å²) in [6.07, 6.45) is 4.91. The first-order valence-corrected chi connectivity index (χ1v) is 6.63. The van der Waals surface area contributed by atoms with Gasteiger partial charge in [-0.3, -0.25) is 0 Å². The third-order valence-corrected chi connectivity index (χ3v) is 3.04. The Labute approximate surface area is 112 Å². The normalized spacial score (nSPS) is 11.0. The summed E-state index contributed by atoms with van der Waals surface area (Å²) in [5.41, 5.74) is 0.939. The van der Waals surface area contributed by atoms with Gasteiger partial charge < -0.3 is 14.7 Å². The Morgan fingerprint density at radius 2 is 2.33 bits per heavy atom. The molecule has 18 heavy (non-hydrogen) atoms. The quantitative estimate of drug-likeness (QED) is 0.809. The van der Waals surface area contributed by atoms with Crippen molar-refractivity contribution in [1.29, 1.82) is 0 Å². The van der Waals surface area contributed by atoms with Crippen LogP contribution < -0.4 is 5.32 Å². The topological polar surface area (TPSA) is 53.9 Å². The summed E-state index contributed by atoms with van der Waals surface area (Å²) in [4.78, 5) is 7.57. The Bertz CT molecular complexity index is 465. The number of nitrogens with one attached hydrogen (secondary N) is 2. The maximum absolute atomic E-state index is 6.08. The molecule has 0 amide bonds. The molecule has 2 rings (SSSR count). The molecule has 0 aromatic carbocycles. The highest BCUT2D eigenvalue weighted by atomic mass is 35.5. The van der Waals surface area contributed by atoms with Gasteiger partial charge in [-0.15, -0.1) is 0 Å². The lowest BCUT2D eigenvalue weighted by Gasteiger charge is -2.00. The molecule has 4 nitrogen and oxygen atoms in total. The standard InChI is InChI=1S/C13H18ClN3O/c1-2-3-6-12-16-11(13(14)17-12)9-15-8-10-5-4-7-18-10/h4-5,7,15H,2-3,6,8-9H2,1H3,(H,16,17). The molecule has 0 aliphatic carbocycles. The zero-order chi connectivity index (χ0) is 12.8. The molecule has 2 heterocycles. The van der Waals surface area contributed by atoms with Crippen molar-refractivity contribution < 1.29 is 4.42 Å². The van der Waals surface area contributed by atoms with Gasteiger partial charge >= 0.3 is 0 Å². The van der Waals surface area contributed by atoms with Crippen molar-refractivity contribution in [3.8, 4) is 0 Å². The number of H-pyrrole nitrogens is 1. The second-order valence-corrected chi connectivity index (χ2v) is 4.60. The lowest BCUT2D eigenvalue weighted by molar-refractivity contribution is 0.482. The molecule has 2 aromatic heterocycles. The van der Waals surface area contributed by atoms with Crippen molar-refractivity contribution in [2.75, 3.05) is 0 Å². The van der Waals surface area contributed by atoms with Gasteiger partial charge in [0.2, 0.25) is 0 Å². The van der Waals surface area contributed by atoms with Gasteiger partial charge in [0.15, 0.2) is 5.15 Å². The fourth-order valence-corrected chi connectivity index (χ4v) is 1.96. The van der Waals surface area contributed by atoms with Crippen LogP contribution in [0.25, 0.3) is 0 Å². The van der Waals surface area contributed by atoms with E-state index < -0.39 is 0 Å². The molecule has 2 aromatic rings. The van der Waals surface area contributed by atoms with Crippen LogP contribution in [0.4, 0.5) is 0 Å². The summed E-state index contributed by atoms with van der Waals surface area (Å²) in [6, 6.07) is 3.82. The van der Waals surface area contributed by atoms with Crippen LogP contribution in [0.15, 0.2) is 22.8 Å². The fourth-order valence-electron chi connectivity index (χ4n) is 1.74. The number of hydrogen-bond donors (Lipinski definition) is 2. The van der Waals surface area contributed by atoms with Gasteiger partial charge in [-0.05, 0) is 18.6 Å². The van der Waals surface area contributed by atoms with E-state index in [-0.39, 0.29) is 0 Å². The SMILES string of the molecule is CCCCc1nc(Cl)c(CNCc2ccco2)[nH]1. The predicted molar refractivity (Wildman–Crippen MR) is 71.5 cm³/mol. The van der Waals surface area contributed by atoms with E-state index in [1.807, 2.05) is 12.1 Å². The number of aromatic nitrogens is 2. The predicted octanol–water partition coefficient (Wildman–Crippen LogP) is 3.29. The van der Waals surface area contributed by atoms with E-state index in [9.17, 15) is 0 Å². The van der Waals surface area contributed by atoms with Crippen LogP contribution in [-0.4, -0.2) is 9.97 Å². The first-order chi connectivity index (χ1) is 8.79. The Morgan fingerprint density at radius 3 is 3.06 bits per heavy atom. The molecule has 0 radical (unpaired) electrons. The highest BCUT2D eigenvalue weighted by molar-refractivity contribution is 6.30. The number of hydrogen-bond acceptors (Lipinski definition) is 3. The lowest BCUT2D eigenvalue weighted by atomic mass is 10.2. The van der Waals surface area contributed by atoms with Gasteiger partial charge in [0, 0.05) is 13.0 Å². The Balaban J connectivity index is 1.83. The highest BCUT2D eigenvalue weighted by Crippen LogP contribution is 2.14. The van der Waals surface area contributed by atoms with Crippen LogP contribution >= 0.6 is 11.6 Å². The molecule has 0 aliphatic rings. The maximum atomic E-state index is 6.08. The molecule has 0 spiro atoms. The average Bonchev–Trinajstić information content (AvgIpc) is 2.98. The van der Waals surface area contributed by atoms with Crippen LogP contribution in [0.1, 0.15) is 37.0 Å². The van der Waals surface area contributed by atoms with Crippen molar-refractivity contribution in [1.82, 2.24) is 15.3 Å². The van der Waals surface area contributed by atoms with Gasteiger partial charge in [0.25, 0.3) is 0 Å². The minimum absolute atomic E-state index is 0.563.